The molecule has 0 N–H and O–H groups in total. The normalized spacial score (nSPS) is 11.3. The third kappa shape index (κ3) is 7.52. The van der Waals surface area contributed by atoms with Gasteiger partial charge >= 0.3 is 0 Å². The summed E-state index contributed by atoms with van der Waals surface area (Å²) in [7, 11) is 0. The van der Waals surface area contributed by atoms with Gasteiger partial charge in [0.1, 0.15) is 0 Å². The Balaban J connectivity index is 2.46. The lowest BCUT2D eigenvalue weighted by atomic mass is 9.98. The molecule has 0 aliphatic carbocycles. The Morgan fingerprint density at radius 1 is 1.16 bits per heavy atom. The molecule has 0 radical (unpaired) electrons. The second-order valence-electron chi connectivity index (χ2n) is 5.08. The van der Waals surface area contributed by atoms with E-state index in [1.807, 2.05) is 0 Å². The van der Waals surface area contributed by atoms with Crippen LogP contribution in [0.2, 0.25) is 0 Å². The van der Waals surface area contributed by atoms with Gasteiger partial charge in [0.05, 0.1) is 0 Å². The van der Waals surface area contributed by atoms with Crippen LogP contribution in [0.1, 0.15) is 57.4 Å². The molecule has 0 unspecified atom stereocenters. The number of unbranched alkanes of at least 4 members (excludes halogenated alkanes) is 4. The lowest BCUT2D eigenvalue weighted by Crippen LogP contribution is -1.92. The molecule has 0 aromatic heterocycles. The topological polar surface area (TPSA) is 0 Å². The fraction of sp³-hybridized carbons (Fsp3) is 0.474. The summed E-state index contributed by atoms with van der Waals surface area (Å²) in [5, 5.41) is 0. The van der Waals surface area contributed by atoms with Gasteiger partial charge in [0, 0.05) is 6.42 Å². The highest BCUT2D eigenvalue weighted by molar-refractivity contribution is 5.21. The van der Waals surface area contributed by atoms with Crippen LogP contribution in [0.5, 0.6) is 0 Å². The van der Waals surface area contributed by atoms with Gasteiger partial charge in [-0.1, -0.05) is 55.3 Å². The van der Waals surface area contributed by atoms with Crippen LogP contribution in [0.4, 0.5) is 0 Å². The van der Waals surface area contributed by atoms with E-state index in [0.717, 1.165) is 19.3 Å². The molecule has 0 aliphatic heterocycles. The van der Waals surface area contributed by atoms with Gasteiger partial charge in [-0.05, 0) is 44.1 Å². The van der Waals surface area contributed by atoms with Crippen molar-refractivity contribution in [2.45, 2.75) is 58.3 Å². The first-order chi connectivity index (χ1) is 9.36. The molecular weight excluding hydrogens is 228 g/mol. The van der Waals surface area contributed by atoms with Crippen molar-refractivity contribution in [3.05, 3.63) is 47.5 Å². The molecule has 0 atom stereocenters. The zero-order chi connectivity index (χ0) is 13.8. The van der Waals surface area contributed by atoms with Gasteiger partial charge in [-0.3, -0.25) is 0 Å². The summed E-state index contributed by atoms with van der Waals surface area (Å²) in [4.78, 5) is 0. The number of hydrogen-bond acceptors (Lipinski definition) is 0. The summed E-state index contributed by atoms with van der Waals surface area (Å²) in [5.74, 6) is 2.71. The zero-order valence-corrected chi connectivity index (χ0v) is 12.2. The minimum atomic E-state index is 0.914. The molecule has 0 bridgehead atoms. The maximum atomic E-state index is 5.27. The van der Waals surface area contributed by atoms with E-state index in [-0.39, 0.29) is 0 Å². The standard InChI is InChI=1S/C19H26/c1-3-5-7-8-10-14-18(13-6-4-2)17-19-15-11-9-12-16-19/h1,9,11-12,14-16H,4-8,10,13,17H2,2H3/b18-14-. The van der Waals surface area contributed by atoms with Crippen LogP contribution in [-0.4, -0.2) is 0 Å². The SMILES string of the molecule is C#CCCCC/C=C(/CCCC)Cc1ccccc1. The molecule has 19 heavy (non-hydrogen) atoms. The summed E-state index contributed by atoms with van der Waals surface area (Å²) < 4.78 is 0. The van der Waals surface area contributed by atoms with Crippen LogP contribution < -0.4 is 0 Å². The highest BCUT2D eigenvalue weighted by Crippen LogP contribution is 2.16. The van der Waals surface area contributed by atoms with Crippen LogP contribution in [-0.2, 0) is 6.42 Å². The highest BCUT2D eigenvalue weighted by Gasteiger charge is 1.99. The van der Waals surface area contributed by atoms with Gasteiger partial charge in [-0.15, -0.1) is 12.3 Å². The molecule has 1 aromatic rings. The van der Waals surface area contributed by atoms with E-state index in [1.165, 1.54) is 37.7 Å². The Morgan fingerprint density at radius 2 is 1.95 bits per heavy atom. The van der Waals surface area contributed by atoms with E-state index in [1.54, 1.807) is 5.57 Å². The molecule has 1 rings (SSSR count). The molecule has 0 heteroatoms. The first-order valence-corrected chi connectivity index (χ1v) is 7.52. The molecule has 0 fully saturated rings. The minimum Gasteiger partial charge on any atom is -0.120 e. The molecule has 0 saturated carbocycles. The van der Waals surface area contributed by atoms with E-state index < -0.39 is 0 Å². The average molecular weight is 254 g/mol. The summed E-state index contributed by atoms with van der Waals surface area (Å²) in [5.41, 5.74) is 3.02. The van der Waals surface area contributed by atoms with E-state index in [9.17, 15) is 0 Å². The van der Waals surface area contributed by atoms with Crippen LogP contribution in [0.25, 0.3) is 0 Å². The number of allylic oxidation sites excluding steroid dienone is 2. The van der Waals surface area contributed by atoms with Gasteiger partial charge in [-0.2, -0.15) is 0 Å². The van der Waals surface area contributed by atoms with Crippen LogP contribution >= 0.6 is 0 Å². The first kappa shape index (κ1) is 15.6. The Bertz CT molecular complexity index is 392. The van der Waals surface area contributed by atoms with Crippen LogP contribution in [0, 0.1) is 12.3 Å². The van der Waals surface area contributed by atoms with Crippen molar-refractivity contribution < 1.29 is 0 Å². The fourth-order valence-electron chi connectivity index (χ4n) is 2.20. The number of hydrogen-bond donors (Lipinski definition) is 0. The number of rotatable bonds is 9. The van der Waals surface area contributed by atoms with Crippen molar-refractivity contribution in [2.24, 2.45) is 0 Å². The van der Waals surface area contributed by atoms with Gasteiger partial charge < -0.3 is 0 Å². The summed E-state index contributed by atoms with van der Waals surface area (Å²) in [6.45, 7) is 2.26. The van der Waals surface area contributed by atoms with Crippen LogP contribution in [0.15, 0.2) is 42.0 Å². The smallest absolute Gasteiger partial charge is 0.00861 e. The van der Waals surface area contributed by atoms with Crippen molar-refractivity contribution in [3.63, 3.8) is 0 Å². The molecule has 0 aliphatic rings. The maximum absolute atomic E-state index is 5.27. The largest absolute Gasteiger partial charge is 0.120 e. The second-order valence-corrected chi connectivity index (χ2v) is 5.08. The zero-order valence-electron chi connectivity index (χ0n) is 12.2. The van der Waals surface area contributed by atoms with E-state index >= 15 is 0 Å². The van der Waals surface area contributed by atoms with Crippen molar-refractivity contribution >= 4 is 0 Å². The van der Waals surface area contributed by atoms with E-state index in [4.69, 9.17) is 6.42 Å². The molecule has 0 saturated heterocycles. The maximum Gasteiger partial charge on any atom is 0.00861 e. The monoisotopic (exact) mass is 254 g/mol. The molecule has 102 valence electrons. The predicted molar refractivity (Wildman–Crippen MR) is 85.1 cm³/mol. The number of benzene rings is 1. The summed E-state index contributed by atoms with van der Waals surface area (Å²) in [6, 6.07) is 10.8. The van der Waals surface area contributed by atoms with Gasteiger partial charge in [-0.25, -0.2) is 0 Å². The number of terminal acetylenes is 1. The third-order valence-corrected chi connectivity index (χ3v) is 3.33. The first-order valence-electron chi connectivity index (χ1n) is 7.52. The van der Waals surface area contributed by atoms with Gasteiger partial charge in [0.2, 0.25) is 0 Å². The quantitative estimate of drug-likeness (QED) is 0.308. The lowest BCUT2D eigenvalue weighted by molar-refractivity contribution is 0.742. The molecule has 0 amide bonds. The summed E-state index contributed by atoms with van der Waals surface area (Å²) in [6.07, 6.45) is 17.1. The molecule has 1 aromatic carbocycles. The molecule has 0 nitrogen and oxygen atoms in total. The van der Waals surface area contributed by atoms with Crippen LogP contribution in [0.3, 0.4) is 0 Å². The minimum absolute atomic E-state index is 0.914. The average Bonchev–Trinajstić information content (AvgIpc) is 2.45. The van der Waals surface area contributed by atoms with Crippen molar-refractivity contribution in [2.75, 3.05) is 0 Å². The fourth-order valence-corrected chi connectivity index (χ4v) is 2.20. The van der Waals surface area contributed by atoms with Gasteiger partial charge in [0.15, 0.2) is 0 Å². The molecular formula is C19H26. The predicted octanol–water partition coefficient (Wildman–Crippen LogP) is 5.54. The van der Waals surface area contributed by atoms with E-state index in [0.29, 0.717) is 0 Å². The second kappa shape index (κ2) is 10.4. The lowest BCUT2D eigenvalue weighted by Gasteiger charge is -2.07. The van der Waals surface area contributed by atoms with Crippen molar-refractivity contribution in [1.29, 1.82) is 0 Å². The Hall–Kier alpha value is -1.48. The Labute approximate surface area is 118 Å². The molecule has 0 heterocycles. The summed E-state index contributed by atoms with van der Waals surface area (Å²) >= 11 is 0. The third-order valence-electron chi connectivity index (χ3n) is 3.33. The molecule has 0 spiro atoms. The van der Waals surface area contributed by atoms with Gasteiger partial charge in [0.25, 0.3) is 0 Å². The van der Waals surface area contributed by atoms with Crippen molar-refractivity contribution in [3.8, 4) is 12.3 Å². The van der Waals surface area contributed by atoms with Crippen molar-refractivity contribution in [1.82, 2.24) is 0 Å². The Morgan fingerprint density at radius 3 is 2.63 bits per heavy atom. The van der Waals surface area contributed by atoms with E-state index in [2.05, 4.69) is 49.3 Å². The highest BCUT2D eigenvalue weighted by atomic mass is 14.1. The Kier molecular flexibility index (Phi) is 8.56.